The van der Waals surface area contributed by atoms with Gasteiger partial charge in [0, 0.05) is 11.8 Å². The maximum absolute atomic E-state index is 12.2. The Morgan fingerprint density at radius 1 is 1.33 bits per heavy atom. The highest BCUT2D eigenvalue weighted by Crippen LogP contribution is 2.35. The van der Waals surface area contributed by atoms with E-state index < -0.39 is 0 Å². The zero-order valence-corrected chi connectivity index (χ0v) is 10.4. The number of nitrogens with one attached hydrogen (secondary N) is 1. The van der Waals surface area contributed by atoms with Crippen molar-refractivity contribution < 1.29 is 4.79 Å². The SMILES string of the molecule is CCC1(C(=O)CCC(C)C)CCNCC1. The van der Waals surface area contributed by atoms with Gasteiger partial charge in [0.25, 0.3) is 0 Å². The molecule has 1 N–H and O–H groups in total. The Morgan fingerprint density at radius 2 is 1.93 bits per heavy atom. The lowest BCUT2D eigenvalue weighted by atomic mass is 9.72. The zero-order chi connectivity index (χ0) is 11.3. The summed E-state index contributed by atoms with van der Waals surface area (Å²) in [5.41, 5.74) is 0.0140. The summed E-state index contributed by atoms with van der Waals surface area (Å²) in [5, 5.41) is 3.34. The molecule has 1 saturated heterocycles. The maximum atomic E-state index is 12.2. The third kappa shape index (κ3) is 3.30. The molecule has 1 fully saturated rings. The van der Waals surface area contributed by atoms with E-state index in [9.17, 15) is 4.79 Å². The number of rotatable bonds is 5. The fourth-order valence-electron chi connectivity index (χ4n) is 2.42. The highest BCUT2D eigenvalue weighted by Gasteiger charge is 2.36. The van der Waals surface area contributed by atoms with Gasteiger partial charge in [0.05, 0.1) is 0 Å². The highest BCUT2D eigenvalue weighted by molar-refractivity contribution is 5.84. The summed E-state index contributed by atoms with van der Waals surface area (Å²) in [4.78, 5) is 12.2. The minimum absolute atomic E-state index is 0.0140. The van der Waals surface area contributed by atoms with E-state index >= 15 is 0 Å². The standard InChI is InChI=1S/C13H25NO/c1-4-13(7-9-14-10-8-13)12(15)6-5-11(2)3/h11,14H,4-10H2,1-3H3. The Morgan fingerprint density at radius 3 is 2.40 bits per heavy atom. The summed E-state index contributed by atoms with van der Waals surface area (Å²) in [6, 6.07) is 0. The van der Waals surface area contributed by atoms with Gasteiger partial charge in [-0.3, -0.25) is 4.79 Å². The first-order valence-electron chi connectivity index (χ1n) is 6.35. The molecule has 0 aromatic carbocycles. The van der Waals surface area contributed by atoms with Crippen LogP contribution >= 0.6 is 0 Å². The summed E-state index contributed by atoms with van der Waals surface area (Å²) in [6.07, 6.45) is 4.94. The predicted octanol–water partition coefficient (Wildman–Crippen LogP) is 2.77. The fraction of sp³-hybridized carbons (Fsp3) is 0.923. The molecule has 0 saturated carbocycles. The molecule has 88 valence electrons. The lowest BCUT2D eigenvalue weighted by Gasteiger charge is -2.35. The Kier molecular flexibility index (Phi) is 4.78. The molecular formula is C13H25NO. The highest BCUT2D eigenvalue weighted by atomic mass is 16.1. The van der Waals surface area contributed by atoms with Crippen molar-refractivity contribution in [2.75, 3.05) is 13.1 Å². The van der Waals surface area contributed by atoms with E-state index in [-0.39, 0.29) is 5.41 Å². The van der Waals surface area contributed by atoms with Gasteiger partial charge in [0.2, 0.25) is 0 Å². The van der Waals surface area contributed by atoms with Gasteiger partial charge >= 0.3 is 0 Å². The molecular weight excluding hydrogens is 186 g/mol. The van der Waals surface area contributed by atoms with E-state index in [4.69, 9.17) is 0 Å². The van der Waals surface area contributed by atoms with Crippen LogP contribution in [0.25, 0.3) is 0 Å². The molecule has 2 heteroatoms. The summed E-state index contributed by atoms with van der Waals surface area (Å²) >= 11 is 0. The summed E-state index contributed by atoms with van der Waals surface area (Å²) < 4.78 is 0. The number of piperidine rings is 1. The Balaban J connectivity index is 2.52. The minimum Gasteiger partial charge on any atom is -0.317 e. The number of carbonyl (C=O) groups is 1. The quantitative estimate of drug-likeness (QED) is 0.757. The Hall–Kier alpha value is -0.370. The van der Waals surface area contributed by atoms with Crippen molar-refractivity contribution in [1.82, 2.24) is 5.32 Å². The van der Waals surface area contributed by atoms with Crippen LogP contribution in [0.4, 0.5) is 0 Å². The van der Waals surface area contributed by atoms with Gasteiger partial charge < -0.3 is 5.32 Å². The Bertz CT molecular complexity index is 205. The second-order valence-corrected chi connectivity index (χ2v) is 5.24. The third-order valence-corrected chi connectivity index (χ3v) is 3.78. The molecule has 2 nitrogen and oxygen atoms in total. The lowest BCUT2D eigenvalue weighted by Crippen LogP contribution is -2.41. The molecule has 0 amide bonds. The van der Waals surface area contributed by atoms with Crippen molar-refractivity contribution in [3.63, 3.8) is 0 Å². The monoisotopic (exact) mass is 211 g/mol. The Labute approximate surface area is 93.8 Å². The average Bonchev–Trinajstić information content (AvgIpc) is 2.26. The first-order valence-corrected chi connectivity index (χ1v) is 6.35. The van der Waals surface area contributed by atoms with Crippen LogP contribution in [0.5, 0.6) is 0 Å². The van der Waals surface area contributed by atoms with Gasteiger partial charge in [-0.1, -0.05) is 20.8 Å². The molecule has 0 aromatic heterocycles. The topological polar surface area (TPSA) is 29.1 Å². The number of hydrogen-bond donors (Lipinski definition) is 1. The van der Waals surface area contributed by atoms with Crippen molar-refractivity contribution in [3.8, 4) is 0 Å². The van der Waals surface area contributed by atoms with E-state index in [1.807, 2.05) is 0 Å². The number of ketones is 1. The minimum atomic E-state index is 0.0140. The fourth-order valence-corrected chi connectivity index (χ4v) is 2.42. The number of Topliss-reactive ketones (excluding diaryl/α,β-unsaturated/α-hetero) is 1. The van der Waals surface area contributed by atoms with Gasteiger partial charge in [-0.25, -0.2) is 0 Å². The van der Waals surface area contributed by atoms with Gasteiger partial charge in [-0.05, 0) is 44.7 Å². The van der Waals surface area contributed by atoms with Crippen LogP contribution in [0, 0.1) is 11.3 Å². The molecule has 1 aliphatic rings. The van der Waals surface area contributed by atoms with E-state index in [1.165, 1.54) is 0 Å². The first-order chi connectivity index (χ1) is 7.10. The van der Waals surface area contributed by atoms with Crippen LogP contribution in [0.3, 0.4) is 0 Å². The molecule has 0 aliphatic carbocycles. The van der Waals surface area contributed by atoms with E-state index in [2.05, 4.69) is 26.1 Å². The normalized spacial score (nSPS) is 20.5. The van der Waals surface area contributed by atoms with Crippen molar-refractivity contribution in [2.45, 2.75) is 52.9 Å². The largest absolute Gasteiger partial charge is 0.317 e. The molecule has 0 spiro atoms. The summed E-state index contributed by atoms with van der Waals surface area (Å²) in [7, 11) is 0. The van der Waals surface area contributed by atoms with Crippen LogP contribution < -0.4 is 5.32 Å². The van der Waals surface area contributed by atoms with Crippen molar-refractivity contribution in [2.24, 2.45) is 11.3 Å². The van der Waals surface area contributed by atoms with Crippen LogP contribution in [-0.4, -0.2) is 18.9 Å². The molecule has 1 rings (SSSR count). The smallest absolute Gasteiger partial charge is 0.139 e. The summed E-state index contributed by atoms with van der Waals surface area (Å²) in [5.74, 6) is 1.16. The second kappa shape index (κ2) is 5.64. The van der Waals surface area contributed by atoms with Gasteiger partial charge in [-0.15, -0.1) is 0 Å². The molecule has 0 unspecified atom stereocenters. The first kappa shape index (κ1) is 12.7. The van der Waals surface area contributed by atoms with Gasteiger partial charge in [-0.2, -0.15) is 0 Å². The van der Waals surface area contributed by atoms with E-state index in [0.29, 0.717) is 11.7 Å². The molecule has 0 radical (unpaired) electrons. The number of carbonyl (C=O) groups excluding carboxylic acids is 1. The second-order valence-electron chi connectivity index (χ2n) is 5.24. The third-order valence-electron chi connectivity index (χ3n) is 3.78. The van der Waals surface area contributed by atoms with Gasteiger partial charge in [0.15, 0.2) is 0 Å². The molecule has 0 atom stereocenters. The summed E-state index contributed by atoms with van der Waals surface area (Å²) in [6.45, 7) is 8.57. The van der Waals surface area contributed by atoms with E-state index in [1.54, 1.807) is 0 Å². The molecule has 0 aromatic rings. The average molecular weight is 211 g/mol. The number of hydrogen-bond acceptors (Lipinski definition) is 2. The molecule has 1 aliphatic heterocycles. The van der Waals surface area contributed by atoms with Crippen LogP contribution in [-0.2, 0) is 4.79 Å². The van der Waals surface area contributed by atoms with Crippen molar-refractivity contribution in [1.29, 1.82) is 0 Å². The maximum Gasteiger partial charge on any atom is 0.139 e. The van der Waals surface area contributed by atoms with Crippen molar-refractivity contribution >= 4 is 5.78 Å². The lowest BCUT2D eigenvalue weighted by molar-refractivity contribution is -0.130. The molecule has 15 heavy (non-hydrogen) atoms. The molecule has 0 bridgehead atoms. The van der Waals surface area contributed by atoms with Crippen LogP contribution in [0.1, 0.15) is 52.9 Å². The van der Waals surface area contributed by atoms with E-state index in [0.717, 1.165) is 45.2 Å². The van der Waals surface area contributed by atoms with Crippen LogP contribution in [0.15, 0.2) is 0 Å². The van der Waals surface area contributed by atoms with Crippen LogP contribution in [0.2, 0.25) is 0 Å². The predicted molar refractivity (Wildman–Crippen MR) is 63.9 cm³/mol. The van der Waals surface area contributed by atoms with Crippen molar-refractivity contribution in [3.05, 3.63) is 0 Å². The molecule has 1 heterocycles. The zero-order valence-electron chi connectivity index (χ0n) is 10.4. The van der Waals surface area contributed by atoms with Gasteiger partial charge in [0.1, 0.15) is 5.78 Å².